The zero-order valence-corrected chi connectivity index (χ0v) is 35.2. The molecule has 14 nitrogen and oxygen atoms in total. The van der Waals surface area contributed by atoms with Crippen LogP contribution in [-0.4, -0.2) is 84.3 Å². The molecule has 1 amide bonds. The SMILES string of the molecule is COc1ccc(C(OC[C@H]2O[C@@H](n3ccc(NC(C)=O)nc3=O)C(OC(F)(F)F)[C@H]2OP(OCCC#N)N(C(C)C)C(C)C)(c2ccccc2)c2ccc(OC)cc2)cc1. The highest BCUT2D eigenvalue weighted by Gasteiger charge is 2.55. The molecule has 2 heterocycles. The van der Waals surface area contributed by atoms with Crippen LogP contribution in [0.2, 0.25) is 0 Å². The average Bonchev–Trinajstić information content (AvgIpc) is 3.52. The monoisotopic (exact) mass is 855 g/mol. The van der Waals surface area contributed by atoms with Crippen LogP contribution in [0.4, 0.5) is 19.0 Å². The van der Waals surface area contributed by atoms with Crippen molar-refractivity contribution < 1.29 is 50.7 Å². The van der Waals surface area contributed by atoms with E-state index >= 15 is 0 Å². The third-order valence-corrected chi connectivity index (χ3v) is 11.6. The summed E-state index contributed by atoms with van der Waals surface area (Å²) in [7, 11) is 0.891. The van der Waals surface area contributed by atoms with Gasteiger partial charge >= 0.3 is 12.1 Å². The molecule has 0 bridgehead atoms. The van der Waals surface area contributed by atoms with Gasteiger partial charge in [0.1, 0.15) is 41.2 Å². The fourth-order valence-corrected chi connectivity index (χ4v) is 8.78. The Bertz CT molecular complexity index is 2050. The van der Waals surface area contributed by atoms with Crippen LogP contribution >= 0.6 is 8.53 Å². The van der Waals surface area contributed by atoms with Gasteiger partial charge in [0, 0.05) is 25.2 Å². The Balaban J connectivity index is 1.70. The Hall–Kier alpha value is -4.92. The van der Waals surface area contributed by atoms with Crippen molar-refractivity contribution in [3.05, 3.63) is 118 Å². The summed E-state index contributed by atoms with van der Waals surface area (Å²) in [5.41, 5.74) is -0.526. The Morgan fingerprint density at radius 1 is 0.917 bits per heavy atom. The molecule has 0 saturated carbocycles. The Labute approximate surface area is 348 Å². The molecule has 1 aliphatic heterocycles. The molecule has 1 aromatic heterocycles. The van der Waals surface area contributed by atoms with Crippen molar-refractivity contribution in [1.29, 1.82) is 5.26 Å². The molecule has 1 N–H and O–H groups in total. The van der Waals surface area contributed by atoms with Crippen LogP contribution in [0, 0.1) is 11.3 Å². The molecule has 0 radical (unpaired) electrons. The molecule has 0 aliphatic carbocycles. The molecule has 0 spiro atoms. The lowest BCUT2D eigenvalue weighted by atomic mass is 9.80. The first-order valence-corrected chi connectivity index (χ1v) is 20.2. The lowest BCUT2D eigenvalue weighted by Crippen LogP contribution is -2.45. The minimum Gasteiger partial charge on any atom is -0.497 e. The molecule has 322 valence electrons. The molecule has 3 aromatic carbocycles. The van der Waals surface area contributed by atoms with Gasteiger partial charge in [0.05, 0.1) is 39.9 Å². The van der Waals surface area contributed by atoms with Gasteiger partial charge < -0.3 is 33.3 Å². The molecule has 1 fully saturated rings. The van der Waals surface area contributed by atoms with Gasteiger partial charge in [-0.15, -0.1) is 13.2 Å². The van der Waals surface area contributed by atoms with Crippen molar-refractivity contribution in [2.75, 3.05) is 32.8 Å². The number of carbonyl (C=O) groups is 1. The van der Waals surface area contributed by atoms with Crippen LogP contribution in [0.5, 0.6) is 11.5 Å². The number of benzene rings is 3. The molecule has 5 rings (SSSR count). The zero-order chi connectivity index (χ0) is 43.6. The van der Waals surface area contributed by atoms with Crippen molar-refractivity contribution in [2.45, 2.75) is 89.6 Å². The van der Waals surface area contributed by atoms with E-state index in [2.05, 4.69) is 10.3 Å². The first-order valence-electron chi connectivity index (χ1n) is 19.1. The zero-order valence-electron chi connectivity index (χ0n) is 34.3. The van der Waals surface area contributed by atoms with Gasteiger partial charge in [0.25, 0.3) is 8.53 Å². The molecule has 1 saturated heterocycles. The van der Waals surface area contributed by atoms with E-state index in [1.807, 2.05) is 93.0 Å². The van der Waals surface area contributed by atoms with E-state index < -0.39 is 63.2 Å². The molecule has 4 aromatic rings. The number of nitrogens with one attached hydrogen (secondary N) is 1. The Kier molecular flexibility index (Phi) is 15.8. The van der Waals surface area contributed by atoms with Crippen molar-refractivity contribution in [2.24, 2.45) is 0 Å². The van der Waals surface area contributed by atoms with Gasteiger partial charge in [0.15, 0.2) is 6.23 Å². The molecule has 60 heavy (non-hydrogen) atoms. The summed E-state index contributed by atoms with van der Waals surface area (Å²) < 4.78 is 88.4. The molecular formula is C42H49F3N5O9P. The smallest absolute Gasteiger partial charge is 0.497 e. The normalized spacial score (nSPS) is 18.7. The van der Waals surface area contributed by atoms with Crippen LogP contribution in [-0.2, 0) is 33.7 Å². The number of nitriles is 1. The first kappa shape index (κ1) is 46.2. The lowest BCUT2D eigenvalue weighted by molar-refractivity contribution is -0.355. The number of halogens is 3. The number of rotatable bonds is 19. The second kappa shape index (κ2) is 20.6. The second-order valence-corrected chi connectivity index (χ2v) is 15.6. The first-order chi connectivity index (χ1) is 28.6. The number of amides is 1. The summed E-state index contributed by atoms with van der Waals surface area (Å²) in [5.74, 6) is 0.520. The molecule has 18 heteroatoms. The highest BCUT2D eigenvalue weighted by atomic mass is 31.2. The summed E-state index contributed by atoms with van der Waals surface area (Å²) in [6.07, 6.45) is -10.9. The number of alkyl halides is 3. The molecular weight excluding hydrogens is 806 g/mol. The van der Waals surface area contributed by atoms with E-state index in [0.717, 1.165) is 10.8 Å². The van der Waals surface area contributed by atoms with Gasteiger partial charge in [-0.05, 0) is 74.7 Å². The van der Waals surface area contributed by atoms with Crippen LogP contribution in [0.1, 0.15) is 64.0 Å². The Morgan fingerprint density at radius 2 is 1.48 bits per heavy atom. The quantitative estimate of drug-likeness (QED) is 0.0559. The predicted molar refractivity (Wildman–Crippen MR) is 216 cm³/mol. The van der Waals surface area contributed by atoms with E-state index in [9.17, 15) is 28.0 Å². The minimum atomic E-state index is -5.24. The van der Waals surface area contributed by atoms with Crippen LogP contribution < -0.4 is 20.5 Å². The topological polar surface area (TPSA) is 156 Å². The number of nitrogens with zero attached hydrogens (tertiary/aromatic N) is 4. The fourth-order valence-electron chi connectivity index (χ4n) is 7.01. The number of ether oxygens (including phenoxy) is 5. The third-order valence-electron chi connectivity index (χ3n) is 9.48. The summed E-state index contributed by atoms with van der Waals surface area (Å²) in [4.78, 5) is 29.1. The van der Waals surface area contributed by atoms with Crippen LogP contribution in [0.15, 0.2) is 95.9 Å². The van der Waals surface area contributed by atoms with E-state index in [0.29, 0.717) is 28.2 Å². The van der Waals surface area contributed by atoms with E-state index in [-0.39, 0.29) is 30.9 Å². The number of methoxy groups -OCH3 is 2. The number of hydrogen-bond acceptors (Lipinski definition) is 12. The van der Waals surface area contributed by atoms with E-state index in [1.165, 1.54) is 13.0 Å². The van der Waals surface area contributed by atoms with Crippen LogP contribution in [0.3, 0.4) is 0 Å². The average molecular weight is 856 g/mol. The van der Waals surface area contributed by atoms with Crippen molar-refractivity contribution >= 4 is 20.3 Å². The number of aromatic nitrogens is 2. The summed E-state index contributed by atoms with van der Waals surface area (Å²) in [6.45, 7) is 8.22. The predicted octanol–water partition coefficient (Wildman–Crippen LogP) is 7.69. The molecule has 2 unspecified atom stereocenters. The number of anilines is 1. The summed E-state index contributed by atoms with van der Waals surface area (Å²) in [6, 6.07) is 26.4. The van der Waals surface area contributed by atoms with Crippen molar-refractivity contribution in [3.8, 4) is 17.6 Å². The van der Waals surface area contributed by atoms with Gasteiger partial charge in [0.2, 0.25) is 5.91 Å². The molecule has 1 aliphatic rings. The highest BCUT2D eigenvalue weighted by Crippen LogP contribution is 2.52. The van der Waals surface area contributed by atoms with E-state index in [4.69, 9.17) is 32.7 Å². The maximum absolute atomic E-state index is 14.6. The van der Waals surface area contributed by atoms with Gasteiger partial charge in [-0.3, -0.25) is 14.1 Å². The summed E-state index contributed by atoms with van der Waals surface area (Å²) in [5, 5.41) is 11.7. The van der Waals surface area contributed by atoms with Crippen LogP contribution in [0.25, 0.3) is 0 Å². The number of hydrogen-bond donors (Lipinski definition) is 1. The van der Waals surface area contributed by atoms with E-state index in [1.54, 1.807) is 38.5 Å². The maximum atomic E-state index is 14.6. The van der Waals surface area contributed by atoms with Gasteiger partial charge in [-0.2, -0.15) is 10.2 Å². The molecule has 5 atom stereocenters. The third kappa shape index (κ3) is 11.1. The van der Waals surface area contributed by atoms with Crippen molar-refractivity contribution in [1.82, 2.24) is 14.2 Å². The second-order valence-electron chi connectivity index (χ2n) is 14.2. The van der Waals surface area contributed by atoms with Gasteiger partial charge in [-0.1, -0.05) is 54.6 Å². The minimum absolute atomic E-state index is 0.0178. The summed E-state index contributed by atoms with van der Waals surface area (Å²) >= 11 is 0. The largest absolute Gasteiger partial charge is 0.523 e. The maximum Gasteiger partial charge on any atom is 0.523 e. The number of carbonyl (C=O) groups excluding carboxylic acids is 1. The standard InChI is InChI=1S/C42H49F3N5O9P/c1-27(2)50(28(3)4)60(56-25-11-23-46)59-37-35(57-39(38(37)58-42(43,44)45)49-24-22-36(47-29(5)51)48-40(49)52)26-55-41(30-12-9-8-10-13-30,31-14-18-33(53-6)19-15-31)32-16-20-34(54-7)21-17-32/h8-10,12-22,24,27-28,35,37-39H,11,25-26H2,1-7H3,(H,47,48,51,52)/t35-,37+,38?,39-,60?/m1/s1. The van der Waals surface area contributed by atoms with Crippen molar-refractivity contribution in [3.63, 3.8) is 0 Å². The fraction of sp³-hybridized carbons (Fsp3) is 0.429. The Morgan fingerprint density at radius 3 is 1.97 bits per heavy atom. The lowest BCUT2D eigenvalue weighted by Gasteiger charge is -2.39. The van der Waals surface area contributed by atoms with Gasteiger partial charge in [-0.25, -0.2) is 9.46 Å². The highest BCUT2D eigenvalue weighted by molar-refractivity contribution is 7.44.